The van der Waals surface area contributed by atoms with Crippen LogP contribution in [0.1, 0.15) is 20.1 Å². The van der Waals surface area contributed by atoms with Gasteiger partial charge in [-0.15, -0.1) is 0 Å². The number of aliphatic hydroxyl groups excluding tert-OH is 1. The van der Waals surface area contributed by atoms with Gasteiger partial charge in [-0.1, -0.05) is 16.9 Å². The summed E-state index contributed by atoms with van der Waals surface area (Å²) >= 11 is 0. The fourth-order valence-corrected chi connectivity index (χ4v) is 4.51. The molecule has 0 aliphatic carbocycles. The molecule has 0 saturated carbocycles. The Hall–Kier alpha value is -3.49. The lowest BCUT2D eigenvalue weighted by Gasteiger charge is -2.24. The molecule has 3 rings (SSSR count). The van der Waals surface area contributed by atoms with Gasteiger partial charge in [0.25, 0.3) is 0 Å². The molecule has 218 valence electrons. The number of benzene rings is 1. The van der Waals surface area contributed by atoms with Crippen LogP contribution in [0.4, 0.5) is 10.2 Å². The summed E-state index contributed by atoms with van der Waals surface area (Å²) in [7, 11) is 1.91. The summed E-state index contributed by atoms with van der Waals surface area (Å²) in [5.41, 5.74) is -3.32. The van der Waals surface area contributed by atoms with Gasteiger partial charge < -0.3 is 34.4 Å². The van der Waals surface area contributed by atoms with Gasteiger partial charge in [-0.25, -0.2) is 14.0 Å². The first-order valence-electron chi connectivity index (χ1n) is 12.0. The molecule has 0 spiro atoms. The van der Waals surface area contributed by atoms with Crippen LogP contribution in [0.3, 0.4) is 0 Å². The van der Waals surface area contributed by atoms with E-state index in [0.29, 0.717) is 0 Å². The number of nitrogens with zero attached hydrogens (tertiary/aromatic N) is 4. The molecular weight excluding hydrogens is 552 g/mol. The number of halogens is 1. The number of alkyl halides is 1. The van der Waals surface area contributed by atoms with Gasteiger partial charge in [-0.2, -0.15) is 4.98 Å². The van der Waals surface area contributed by atoms with E-state index in [9.17, 15) is 24.4 Å². The number of aromatic nitrogens is 2. The number of hydrogen-bond acceptors (Lipinski definition) is 12. The zero-order valence-corrected chi connectivity index (χ0v) is 23.4. The zero-order valence-electron chi connectivity index (χ0n) is 22.5. The molecule has 16 heteroatoms. The normalized spacial score (nSPS) is 23.5. The highest BCUT2D eigenvalue weighted by atomic mass is 31.1. The number of esters is 1. The lowest BCUT2D eigenvalue weighted by atomic mass is 9.98. The first kappa shape index (κ1) is 31.0. The van der Waals surface area contributed by atoms with E-state index in [1.165, 1.54) is 38.4 Å². The summed E-state index contributed by atoms with van der Waals surface area (Å²) in [6, 6.07) is 6.39. The second-order valence-electron chi connectivity index (χ2n) is 9.31. The maximum Gasteiger partial charge on any atom is 0.395 e. The fraction of sp³-hybridized carbons (Fsp3) is 0.500. The smallest absolute Gasteiger partial charge is 0.395 e. The number of carbonyl (C=O) groups excluding carboxylic acids is 2. The van der Waals surface area contributed by atoms with Crippen molar-refractivity contribution in [1.82, 2.24) is 14.5 Å². The van der Waals surface area contributed by atoms with Crippen molar-refractivity contribution in [3.8, 4) is 11.5 Å². The van der Waals surface area contributed by atoms with Crippen molar-refractivity contribution in [3.05, 3.63) is 47.0 Å². The lowest BCUT2D eigenvalue weighted by Crippen LogP contribution is -2.43. The molecule has 2 aromatic rings. The molecule has 6 atom stereocenters. The number of anilines is 1. The van der Waals surface area contributed by atoms with E-state index in [4.69, 9.17) is 14.0 Å². The van der Waals surface area contributed by atoms with Gasteiger partial charge in [-0.05, 0) is 46.1 Å². The Bertz CT molecular complexity index is 1310. The number of methoxy groups -OCH3 is 1. The number of aliphatic hydroxyl groups is 1. The molecule has 14 nitrogen and oxygen atoms in total. The largest absolute Gasteiger partial charge is 0.575 e. The van der Waals surface area contributed by atoms with Crippen LogP contribution in [0.2, 0.25) is 0 Å². The molecule has 0 bridgehead atoms. The molecule has 1 unspecified atom stereocenters. The van der Waals surface area contributed by atoms with Gasteiger partial charge in [0.15, 0.2) is 23.7 Å². The molecule has 1 saturated heterocycles. The number of para-hydroxylation sites is 2. The summed E-state index contributed by atoms with van der Waals surface area (Å²) in [6.07, 6.45) is -3.28. The zero-order chi connectivity index (χ0) is 29.6. The van der Waals surface area contributed by atoms with Crippen LogP contribution in [-0.2, 0) is 19.1 Å². The van der Waals surface area contributed by atoms with Crippen molar-refractivity contribution in [3.63, 3.8) is 0 Å². The molecule has 0 radical (unpaired) electrons. The summed E-state index contributed by atoms with van der Waals surface area (Å²) in [4.78, 5) is 53.8. The molecule has 1 fully saturated rings. The summed E-state index contributed by atoms with van der Waals surface area (Å²) in [5.74, 6) is -0.998. The van der Waals surface area contributed by atoms with Crippen LogP contribution in [0.5, 0.6) is 11.5 Å². The molecule has 1 aromatic heterocycles. The molecule has 1 aliphatic heterocycles. The highest BCUT2D eigenvalue weighted by molar-refractivity contribution is 7.34. The first-order chi connectivity index (χ1) is 18.8. The van der Waals surface area contributed by atoms with Crippen molar-refractivity contribution >= 4 is 25.9 Å². The maximum atomic E-state index is 15.6. The highest BCUT2D eigenvalue weighted by Gasteiger charge is 2.55. The van der Waals surface area contributed by atoms with Gasteiger partial charge in [-0.3, -0.25) is 13.9 Å². The summed E-state index contributed by atoms with van der Waals surface area (Å²) in [5, 5.41) is 13.1. The predicted molar refractivity (Wildman–Crippen MR) is 139 cm³/mol. The lowest BCUT2D eigenvalue weighted by molar-refractivity contribution is -0.169. The van der Waals surface area contributed by atoms with Crippen molar-refractivity contribution < 1.29 is 42.7 Å². The number of amides is 1. The summed E-state index contributed by atoms with van der Waals surface area (Å²) in [6.45, 7) is 2.17. The van der Waals surface area contributed by atoms with Crippen LogP contribution in [-0.4, -0.2) is 89.7 Å². The number of nitrogens with one attached hydrogen (secondary N) is 1. The van der Waals surface area contributed by atoms with Crippen LogP contribution >= 0.6 is 8.17 Å². The molecule has 1 aromatic carbocycles. The van der Waals surface area contributed by atoms with Gasteiger partial charge >= 0.3 is 19.8 Å². The number of carbonyl (C=O) groups is 2. The van der Waals surface area contributed by atoms with Gasteiger partial charge in [0, 0.05) is 6.20 Å². The molecular formula is C24H31FN5O9P. The highest BCUT2D eigenvalue weighted by Crippen LogP contribution is 2.41. The maximum absolute atomic E-state index is 15.6. The summed E-state index contributed by atoms with van der Waals surface area (Å²) < 4.78 is 41.4. The Morgan fingerprint density at radius 3 is 2.65 bits per heavy atom. The Labute approximate surface area is 230 Å². The second-order valence-corrected chi connectivity index (χ2v) is 10.2. The fourth-order valence-electron chi connectivity index (χ4n) is 3.76. The molecule has 2 heterocycles. The molecule has 1 amide bonds. The number of likely N-dealkylation sites (N-methyl/N-ethyl adjacent to an activating group) is 1. The van der Waals surface area contributed by atoms with Crippen molar-refractivity contribution in [2.45, 2.75) is 44.0 Å². The van der Waals surface area contributed by atoms with Gasteiger partial charge in [0.2, 0.25) is 11.7 Å². The quantitative estimate of drug-likeness (QED) is 0.280. The predicted octanol–water partition coefficient (Wildman–Crippen LogP) is 0.605. The van der Waals surface area contributed by atoms with E-state index in [1.54, 1.807) is 31.1 Å². The Morgan fingerprint density at radius 2 is 2.02 bits per heavy atom. The molecule has 1 aliphatic rings. The third-order valence-electron chi connectivity index (χ3n) is 5.77. The van der Waals surface area contributed by atoms with Crippen molar-refractivity contribution in [1.29, 1.82) is 0 Å². The van der Waals surface area contributed by atoms with Crippen LogP contribution in [0.15, 0.2) is 46.1 Å². The third-order valence-corrected chi connectivity index (χ3v) is 6.65. The van der Waals surface area contributed by atoms with Gasteiger partial charge in [0.1, 0.15) is 24.6 Å². The van der Waals surface area contributed by atoms with Crippen molar-refractivity contribution in [2.24, 2.45) is 4.74 Å². The third kappa shape index (κ3) is 7.58. The SMILES string of the molecule is COC(=O)[C@@H](C)N=[P+]([O-])Oc1ccccc1OC[C@H]1O[C@@H](n2ccc(NC(=O)CN(C)C)nc2=O)[C@](C)(F)[C@@H]1O. The van der Waals surface area contributed by atoms with E-state index >= 15 is 4.39 Å². The minimum Gasteiger partial charge on any atom is -0.575 e. The van der Waals surface area contributed by atoms with Gasteiger partial charge in [0.05, 0.1) is 13.7 Å². The van der Waals surface area contributed by atoms with E-state index in [2.05, 4.69) is 19.8 Å². The Balaban J connectivity index is 1.71. The number of hydrogen-bond donors (Lipinski definition) is 2. The Kier molecular flexibility index (Phi) is 10.3. The average Bonchev–Trinajstić information content (AvgIpc) is 3.10. The van der Waals surface area contributed by atoms with E-state index < -0.39 is 55.9 Å². The Morgan fingerprint density at radius 1 is 1.35 bits per heavy atom. The topological polar surface area (TPSA) is 177 Å². The number of rotatable bonds is 11. The van der Waals surface area contributed by atoms with E-state index in [1.807, 2.05) is 0 Å². The first-order valence-corrected chi connectivity index (χ1v) is 13.2. The van der Waals surface area contributed by atoms with Crippen molar-refractivity contribution in [2.75, 3.05) is 39.7 Å². The van der Waals surface area contributed by atoms with Crippen LogP contribution in [0, 0.1) is 0 Å². The van der Waals surface area contributed by atoms with E-state index in [0.717, 1.165) is 11.5 Å². The minimum absolute atomic E-state index is 0.0174. The minimum atomic E-state index is -2.67. The average molecular weight is 584 g/mol. The monoisotopic (exact) mass is 583 g/mol. The molecule has 40 heavy (non-hydrogen) atoms. The molecule has 2 N–H and O–H groups in total. The van der Waals surface area contributed by atoms with Crippen LogP contribution < -0.4 is 25.2 Å². The van der Waals surface area contributed by atoms with E-state index in [-0.39, 0.29) is 30.5 Å². The standard InChI is InChI=1S/C24H31FN5O9P/c1-14(21(33)36-5)28-40(35)39-16-9-7-6-8-15(16)37-13-17-20(32)24(2,25)22(38-17)30-11-10-18(27-23(30)34)26-19(31)12-29(3)4/h6-11,14,17,20,22,32H,12-13H2,1-5H3,(H,26,27,31,34)/t14-,17-,20-,22-,24-/m1/s1. The second kappa shape index (κ2) is 13.2. The van der Waals surface area contributed by atoms with Crippen LogP contribution in [0.25, 0.3) is 0 Å². The number of ether oxygens (including phenoxy) is 3.